The molecule has 1 heterocycles. The van der Waals surface area contributed by atoms with Crippen molar-refractivity contribution in [2.45, 2.75) is 44.9 Å². The van der Waals surface area contributed by atoms with Crippen molar-refractivity contribution in [3.05, 3.63) is 16.0 Å². The summed E-state index contributed by atoms with van der Waals surface area (Å²) in [7, 11) is 0. The largest absolute Gasteiger partial charge is 0.365 e. The molecular weight excluding hydrogens is 352 g/mol. The number of halogens is 1. The first kappa shape index (κ1) is 16.5. The van der Waals surface area contributed by atoms with Crippen molar-refractivity contribution in [3.63, 3.8) is 0 Å². The Labute approximate surface area is 137 Å². The first-order valence-electron chi connectivity index (χ1n) is 7.20. The van der Waals surface area contributed by atoms with Crippen LogP contribution in [0.1, 0.15) is 48.0 Å². The molecule has 2 rings (SSSR count). The third kappa shape index (κ3) is 3.48. The number of nitrogens with two attached hydrogens (primary N) is 1. The van der Waals surface area contributed by atoms with E-state index >= 15 is 0 Å². The SMILES string of the molecule is CC1CCc2c(sc(NC(=O)C(Br)C(C)C)c2C(N)=O)C1. The Morgan fingerprint density at radius 1 is 1.43 bits per heavy atom. The molecule has 0 saturated heterocycles. The van der Waals surface area contributed by atoms with E-state index in [0.717, 1.165) is 24.8 Å². The molecule has 4 nitrogen and oxygen atoms in total. The fourth-order valence-corrected chi connectivity index (χ4v) is 4.12. The molecule has 2 amide bonds. The van der Waals surface area contributed by atoms with E-state index in [1.54, 1.807) is 0 Å². The molecule has 0 bridgehead atoms. The molecule has 0 aliphatic heterocycles. The average Bonchev–Trinajstić information content (AvgIpc) is 2.74. The number of nitrogens with one attached hydrogen (secondary N) is 1. The average molecular weight is 373 g/mol. The van der Waals surface area contributed by atoms with Crippen LogP contribution in [0.15, 0.2) is 0 Å². The van der Waals surface area contributed by atoms with Crippen LogP contribution >= 0.6 is 27.3 Å². The predicted molar refractivity (Wildman–Crippen MR) is 90.2 cm³/mol. The highest BCUT2D eigenvalue weighted by molar-refractivity contribution is 9.10. The molecule has 2 atom stereocenters. The summed E-state index contributed by atoms with van der Waals surface area (Å²) in [6, 6.07) is 0. The number of hydrogen-bond acceptors (Lipinski definition) is 3. The van der Waals surface area contributed by atoms with Crippen molar-refractivity contribution in [2.75, 3.05) is 5.32 Å². The van der Waals surface area contributed by atoms with Crippen LogP contribution in [0, 0.1) is 11.8 Å². The Hall–Kier alpha value is -0.880. The molecule has 0 aromatic carbocycles. The number of carbonyl (C=O) groups is 2. The molecule has 0 saturated carbocycles. The monoisotopic (exact) mass is 372 g/mol. The Bertz CT molecular complexity index is 568. The van der Waals surface area contributed by atoms with Gasteiger partial charge >= 0.3 is 0 Å². The van der Waals surface area contributed by atoms with Gasteiger partial charge in [0.15, 0.2) is 0 Å². The number of rotatable bonds is 4. The number of thiophene rings is 1. The van der Waals surface area contributed by atoms with Crippen molar-refractivity contribution >= 4 is 44.1 Å². The predicted octanol–water partition coefficient (Wildman–Crippen LogP) is 3.33. The third-order valence-corrected chi connectivity index (χ3v) is 6.47. The van der Waals surface area contributed by atoms with Crippen molar-refractivity contribution in [2.24, 2.45) is 17.6 Å². The Morgan fingerprint density at radius 2 is 2.10 bits per heavy atom. The molecule has 0 fully saturated rings. The standard InChI is InChI=1S/C15H21BrN2O2S/c1-7(2)12(16)14(20)18-15-11(13(17)19)9-5-4-8(3)6-10(9)21-15/h7-8,12H,4-6H2,1-3H3,(H2,17,19)(H,18,20). The molecule has 2 unspecified atom stereocenters. The molecule has 0 radical (unpaired) electrons. The van der Waals surface area contributed by atoms with Crippen LogP contribution < -0.4 is 11.1 Å². The van der Waals surface area contributed by atoms with Crippen LogP contribution in [0.4, 0.5) is 5.00 Å². The Balaban J connectivity index is 2.31. The summed E-state index contributed by atoms with van der Waals surface area (Å²) < 4.78 is 0. The van der Waals surface area contributed by atoms with E-state index in [9.17, 15) is 9.59 Å². The van der Waals surface area contributed by atoms with Gasteiger partial charge in [-0.15, -0.1) is 11.3 Å². The van der Waals surface area contributed by atoms with E-state index in [1.165, 1.54) is 16.2 Å². The highest BCUT2D eigenvalue weighted by Crippen LogP contribution is 2.39. The highest BCUT2D eigenvalue weighted by atomic mass is 79.9. The molecule has 21 heavy (non-hydrogen) atoms. The van der Waals surface area contributed by atoms with Crippen molar-refractivity contribution in [3.8, 4) is 0 Å². The topological polar surface area (TPSA) is 72.2 Å². The van der Waals surface area contributed by atoms with Crippen LogP contribution in [0.5, 0.6) is 0 Å². The van der Waals surface area contributed by atoms with E-state index in [1.807, 2.05) is 13.8 Å². The van der Waals surface area contributed by atoms with Gasteiger partial charge in [0.05, 0.1) is 10.4 Å². The molecule has 6 heteroatoms. The summed E-state index contributed by atoms with van der Waals surface area (Å²) in [5.74, 6) is 0.212. The maximum atomic E-state index is 12.2. The summed E-state index contributed by atoms with van der Waals surface area (Å²) in [4.78, 5) is 24.9. The fraction of sp³-hybridized carbons (Fsp3) is 0.600. The number of hydrogen-bond donors (Lipinski definition) is 2. The fourth-order valence-electron chi connectivity index (χ4n) is 2.58. The van der Waals surface area contributed by atoms with Gasteiger partial charge in [0.25, 0.3) is 5.91 Å². The van der Waals surface area contributed by atoms with E-state index < -0.39 is 5.91 Å². The van der Waals surface area contributed by atoms with Gasteiger partial charge in [-0.1, -0.05) is 36.7 Å². The Kier molecular flexibility index (Phi) is 5.09. The van der Waals surface area contributed by atoms with Crippen LogP contribution in [0.3, 0.4) is 0 Å². The zero-order chi connectivity index (χ0) is 15.7. The number of primary amides is 1. The first-order chi connectivity index (χ1) is 9.81. The maximum Gasteiger partial charge on any atom is 0.251 e. The van der Waals surface area contributed by atoms with Gasteiger partial charge in [-0.25, -0.2) is 0 Å². The van der Waals surface area contributed by atoms with Gasteiger partial charge in [-0.3, -0.25) is 9.59 Å². The summed E-state index contributed by atoms with van der Waals surface area (Å²) in [5.41, 5.74) is 7.09. The molecule has 116 valence electrons. The molecule has 1 aliphatic rings. The van der Waals surface area contributed by atoms with Gasteiger partial charge in [0, 0.05) is 4.88 Å². The van der Waals surface area contributed by atoms with Gasteiger partial charge in [0.2, 0.25) is 5.91 Å². The quantitative estimate of drug-likeness (QED) is 0.795. The summed E-state index contributed by atoms with van der Waals surface area (Å²) >= 11 is 4.88. The smallest absolute Gasteiger partial charge is 0.251 e. The number of anilines is 1. The lowest BCUT2D eigenvalue weighted by Crippen LogP contribution is -2.28. The second-order valence-corrected chi connectivity index (χ2v) is 8.15. The lowest BCUT2D eigenvalue weighted by atomic mass is 9.88. The lowest BCUT2D eigenvalue weighted by Gasteiger charge is -2.18. The summed E-state index contributed by atoms with van der Waals surface area (Å²) in [5, 5.41) is 3.48. The number of fused-ring (bicyclic) bond motifs is 1. The first-order valence-corrected chi connectivity index (χ1v) is 8.93. The van der Waals surface area contributed by atoms with E-state index in [-0.39, 0.29) is 16.7 Å². The Morgan fingerprint density at radius 3 is 2.67 bits per heavy atom. The van der Waals surface area contributed by atoms with Crippen LogP contribution in [0.25, 0.3) is 0 Å². The minimum absolute atomic E-state index is 0.126. The normalized spacial score (nSPS) is 19.2. The lowest BCUT2D eigenvalue weighted by molar-refractivity contribution is -0.116. The van der Waals surface area contributed by atoms with E-state index in [4.69, 9.17) is 5.73 Å². The number of carbonyl (C=O) groups excluding carboxylic acids is 2. The van der Waals surface area contributed by atoms with Gasteiger partial charge in [-0.05, 0) is 36.7 Å². The molecule has 1 aliphatic carbocycles. The second kappa shape index (κ2) is 6.48. The summed E-state index contributed by atoms with van der Waals surface area (Å²) in [6.07, 6.45) is 2.88. The minimum Gasteiger partial charge on any atom is -0.365 e. The number of amides is 2. The van der Waals surface area contributed by atoms with Gasteiger partial charge < -0.3 is 11.1 Å². The number of alkyl halides is 1. The van der Waals surface area contributed by atoms with Crippen LogP contribution in [-0.2, 0) is 17.6 Å². The van der Waals surface area contributed by atoms with Crippen LogP contribution in [-0.4, -0.2) is 16.6 Å². The minimum atomic E-state index is -0.451. The van der Waals surface area contributed by atoms with Gasteiger partial charge in [-0.2, -0.15) is 0 Å². The molecule has 0 spiro atoms. The third-order valence-electron chi connectivity index (χ3n) is 3.83. The zero-order valence-electron chi connectivity index (χ0n) is 12.5. The summed E-state index contributed by atoms with van der Waals surface area (Å²) in [6.45, 7) is 6.14. The second-order valence-electron chi connectivity index (χ2n) is 6.06. The van der Waals surface area contributed by atoms with E-state index in [2.05, 4.69) is 28.2 Å². The molecule has 3 N–H and O–H groups in total. The van der Waals surface area contributed by atoms with Crippen molar-refractivity contribution in [1.82, 2.24) is 0 Å². The van der Waals surface area contributed by atoms with Crippen molar-refractivity contribution < 1.29 is 9.59 Å². The van der Waals surface area contributed by atoms with Crippen LogP contribution in [0.2, 0.25) is 0 Å². The van der Waals surface area contributed by atoms with Crippen molar-refractivity contribution in [1.29, 1.82) is 0 Å². The van der Waals surface area contributed by atoms with E-state index in [0.29, 0.717) is 16.5 Å². The highest BCUT2D eigenvalue weighted by Gasteiger charge is 2.28. The molecule has 1 aromatic rings. The van der Waals surface area contributed by atoms with Gasteiger partial charge in [0.1, 0.15) is 5.00 Å². The maximum absolute atomic E-state index is 12.2. The molecular formula is C15H21BrN2O2S. The molecule has 1 aromatic heterocycles. The zero-order valence-corrected chi connectivity index (χ0v) is 14.9.